The predicted octanol–water partition coefficient (Wildman–Crippen LogP) is 2.84. The Kier molecular flexibility index (Phi) is 5.27. The van der Waals surface area contributed by atoms with Crippen molar-refractivity contribution in [2.24, 2.45) is 0 Å². The highest BCUT2D eigenvalue weighted by Gasteiger charge is 2.29. The first-order valence-corrected chi connectivity index (χ1v) is 11.7. The van der Waals surface area contributed by atoms with Gasteiger partial charge in [-0.05, 0) is 43.5 Å². The summed E-state index contributed by atoms with van der Waals surface area (Å²) in [7, 11) is 0. The van der Waals surface area contributed by atoms with Gasteiger partial charge in [0.05, 0.1) is 5.69 Å². The van der Waals surface area contributed by atoms with Gasteiger partial charge in [-0.15, -0.1) is 11.3 Å². The number of aryl methyl sites for hydroxylation is 1. The van der Waals surface area contributed by atoms with E-state index in [4.69, 9.17) is 10.7 Å². The van der Waals surface area contributed by atoms with Crippen molar-refractivity contribution in [3.63, 3.8) is 0 Å². The van der Waals surface area contributed by atoms with E-state index in [9.17, 15) is 4.79 Å². The maximum atomic E-state index is 13.0. The maximum absolute atomic E-state index is 13.0. The van der Waals surface area contributed by atoms with E-state index in [-0.39, 0.29) is 11.9 Å². The van der Waals surface area contributed by atoms with E-state index < -0.39 is 0 Å². The molecule has 3 aromatic heterocycles. The van der Waals surface area contributed by atoms with E-state index >= 15 is 0 Å². The Balaban J connectivity index is 1.33. The molecule has 1 fully saturated rings. The number of nitrogens with zero attached hydrogens (tertiary/aromatic N) is 3. The molecule has 7 nitrogen and oxygen atoms in total. The van der Waals surface area contributed by atoms with Gasteiger partial charge in [-0.2, -0.15) is 0 Å². The van der Waals surface area contributed by atoms with Crippen molar-refractivity contribution in [1.82, 2.24) is 20.6 Å². The van der Waals surface area contributed by atoms with Crippen molar-refractivity contribution in [2.75, 3.05) is 36.8 Å². The number of fused-ring (bicyclic) bond motifs is 2. The third-order valence-electron chi connectivity index (χ3n) is 6.28. The fourth-order valence-electron chi connectivity index (χ4n) is 4.67. The number of carbonyl (C=O) groups is 1. The van der Waals surface area contributed by atoms with Gasteiger partial charge in [0.2, 0.25) is 0 Å². The molecule has 0 bridgehead atoms. The Morgan fingerprint density at radius 3 is 2.84 bits per heavy atom. The number of carbonyl (C=O) groups excluding carboxylic acids is 1. The van der Waals surface area contributed by atoms with E-state index in [0.717, 1.165) is 60.7 Å². The average Bonchev–Trinajstić information content (AvgIpc) is 3.10. The number of aromatic nitrogens is 2. The van der Waals surface area contributed by atoms with Gasteiger partial charge in [0, 0.05) is 54.9 Å². The molecule has 0 radical (unpaired) electrons. The number of anilines is 2. The monoisotopic (exact) mass is 436 g/mol. The van der Waals surface area contributed by atoms with Crippen molar-refractivity contribution in [1.29, 1.82) is 0 Å². The van der Waals surface area contributed by atoms with Crippen LogP contribution in [-0.4, -0.2) is 48.1 Å². The third-order valence-corrected chi connectivity index (χ3v) is 7.40. The minimum absolute atomic E-state index is 0.0705. The number of hydrogen-bond acceptors (Lipinski definition) is 7. The van der Waals surface area contributed by atoms with Crippen molar-refractivity contribution in [2.45, 2.75) is 38.6 Å². The largest absolute Gasteiger partial charge is 0.397 e. The van der Waals surface area contributed by atoms with Gasteiger partial charge in [0.15, 0.2) is 0 Å². The zero-order chi connectivity index (χ0) is 21.5. The Morgan fingerprint density at radius 2 is 2.03 bits per heavy atom. The highest BCUT2D eigenvalue weighted by molar-refractivity contribution is 7.21. The summed E-state index contributed by atoms with van der Waals surface area (Å²) in [5.74, 6) is 1.25. The van der Waals surface area contributed by atoms with Crippen molar-refractivity contribution in [3.8, 4) is 0 Å². The third kappa shape index (κ3) is 3.85. The molecule has 8 heteroatoms. The second-order valence-electron chi connectivity index (χ2n) is 8.61. The van der Waals surface area contributed by atoms with Crippen LogP contribution >= 0.6 is 11.3 Å². The van der Waals surface area contributed by atoms with Crippen LogP contribution < -0.4 is 21.3 Å². The number of nitrogens with one attached hydrogen (secondary N) is 2. The average molecular weight is 437 g/mol. The van der Waals surface area contributed by atoms with Gasteiger partial charge in [0.1, 0.15) is 15.5 Å². The number of pyridine rings is 2. The summed E-state index contributed by atoms with van der Waals surface area (Å²) in [5, 5.41) is 7.46. The van der Waals surface area contributed by atoms with Crippen LogP contribution in [0.4, 0.5) is 11.5 Å². The van der Waals surface area contributed by atoms with Gasteiger partial charge in [0.25, 0.3) is 5.91 Å². The molecule has 1 saturated heterocycles. The summed E-state index contributed by atoms with van der Waals surface area (Å²) in [5.41, 5.74) is 10.1. The molecule has 0 spiro atoms. The Labute approximate surface area is 186 Å². The maximum Gasteiger partial charge on any atom is 0.263 e. The summed E-state index contributed by atoms with van der Waals surface area (Å²) in [6, 6.07) is 8.25. The molecule has 5 rings (SSSR count). The second kappa shape index (κ2) is 8.09. The molecule has 2 aliphatic rings. The van der Waals surface area contributed by atoms with Crippen LogP contribution in [0.2, 0.25) is 0 Å². The molecule has 0 unspecified atom stereocenters. The molecular formula is C23H28N6OS. The molecule has 0 aromatic carbocycles. The van der Waals surface area contributed by atoms with Crippen LogP contribution in [0.3, 0.4) is 0 Å². The highest BCUT2D eigenvalue weighted by atomic mass is 32.1. The molecule has 0 saturated carbocycles. The first-order valence-electron chi connectivity index (χ1n) is 10.9. The first kappa shape index (κ1) is 20.2. The van der Waals surface area contributed by atoms with E-state index in [2.05, 4.69) is 39.6 Å². The van der Waals surface area contributed by atoms with E-state index in [1.54, 1.807) is 0 Å². The van der Waals surface area contributed by atoms with Crippen LogP contribution in [0.5, 0.6) is 0 Å². The Hall–Kier alpha value is -2.71. The summed E-state index contributed by atoms with van der Waals surface area (Å²) < 4.78 is 0. The van der Waals surface area contributed by atoms with Crippen LogP contribution in [0.25, 0.3) is 10.2 Å². The topological polar surface area (TPSA) is 96.2 Å². The smallest absolute Gasteiger partial charge is 0.263 e. The fraction of sp³-hybridized carbons (Fsp3) is 0.435. The SMILES string of the molecule is Cc1ccc2c(N)c(C(=O)N[C@H]3Cc4ccc(N5CCNCC5)nc4[C@@H](C)C3)sc2n1. The Bertz CT molecular complexity index is 1140. The molecule has 162 valence electrons. The number of nitrogens with two attached hydrogens (primary N) is 1. The highest BCUT2D eigenvalue weighted by Crippen LogP contribution is 2.34. The molecule has 2 atom stereocenters. The molecular weight excluding hydrogens is 408 g/mol. The minimum Gasteiger partial charge on any atom is -0.397 e. The number of piperazine rings is 1. The molecule has 1 amide bonds. The zero-order valence-corrected chi connectivity index (χ0v) is 18.8. The number of hydrogen-bond donors (Lipinski definition) is 3. The van der Waals surface area contributed by atoms with E-state index in [0.29, 0.717) is 16.5 Å². The van der Waals surface area contributed by atoms with Gasteiger partial charge < -0.3 is 21.3 Å². The lowest BCUT2D eigenvalue weighted by Crippen LogP contribution is -2.44. The number of thiophene rings is 1. The summed E-state index contributed by atoms with van der Waals surface area (Å²) in [6.45, 7) is 8.12. The summed E-state index contributed by atoms with van der Waals surface area (Å²) in [4.78, 5) is 26.3. The van der Waals surface area contributed by atoms with Gasteiger partial charge >= 0.3 is 0 Å². The van der Waals surface area contributed by atoms with Crippen molar-refractivity contribution < 1.29 is 4.79 Å². The van der Waals surface area contributed by atoms with Crippen LogP contribution in [0.1, 0.15) is 45.9 Å². The summed E-state index contributed by atoms with van der Waals surface area (Å²) in [6.07, 6.45) is 1.67. The first-order chi connectivity index (χ1) is 15.0. The van der Waals surface area contributed by atoms with Gasteiger partial charge in [-0.25, -0.2) is 9.97 Å². The van der Waals surface area contributed by atoms with E-state index in [1.807, 2.05) is 19.1 Å². The zero-order valence-electron chi connectivity index (χ0n) is 17.9. The normalized spacial score (nSPS) is 21.2. The number of nitrogen functional groups attached to an aromatic ring is 1. The standard InChI is InChI=1S/C23H28N6OS/c1-13-11-16(12-15-4-6-18(28-20(13)15)29-9-7-25-8-10-29)27-22(30)21-19(24)17-5-3-14(2)26-23(17)31-21/h3-6,13,16,25H,7-12,24H2,1-2H3,(H,27,30)/t13-,16+/m0/s1. The minimum atomic E-state index is -0.107. The fourth-order valence-corrected chi connectivity index (χ4v) is 5.71. The number of amides is 1. The molecule has 1 aliphatic carbocycles. The lowest BCUT2D eigenvalue weighted by atomic mass is 9.84. The lowest BCUT2D eigenvalue weighted by molar-refractivity contribution is 0.0937. The second-order valence-corrected chi connectivity index (χ2v) is 9.61. The molecule has 4 N–H and O–H groups in total. The molecule has 4 heterocycles. The number of rotatable bonds is 3. The van der Waals surface area contributed by atoms with Gasteiger partial charge in [-0.3, -0.25) is 4.79 Å². The van der Waals surface area contributed by atoms with E-state index in [1.165, 1.54) is 22.6 Å². The van der Waals surface area contributed by atoms with Crippen molar-refractivity contribution in [3.05, 3.63) is 46.1 Å². The van der Waals surface area contributed by atoms with Crippen LogP contribution in [0, 0.1) is 6.92 Å². The predicted molar refractivity (Wildman–Crippen MR) is 126 cm³/mol. The Morgan fingerprint density at radius 1 is 1.23 bits per heavy atom. The molecule has 3 aromatic rings. The molecule has 31 heavy (non-hydrogen) atoms. The lowest BCUT2D eigenvalue weighted by Gasteiger charge is -2.32. The quantitative estimate of drug-likeness (QED) is 0.584. The van der Waals surface area contributed by atoms with Crippen LogP contribution in [-0.2, 0) is 6.42 Å². The van der Waals surface area contributed by atoms with Crippen LogP contribution in [0.15, 0.2) is 24.3 Å². The van der Waals surface area contributed by atoms with Crippen molar-refractivity contribution >= 4 is 39.0 Å². The van der Waals surface area contributed by atoms with Gasteiger partial charge in [-0.1, -0.05) is 13.0 Å². The summed E-state index contributed by atoms with van der Waals surface area (Å²) >= 11 is 1.37. The molecule has 1 aliphatic heterocycles.